The second kappa shape index (κ2) is 4.12. The standard InChI is InChI=1S/C10H17N5/c1-7(11)3-12-10-13-4-8-5-15(2)6-9(8)14-10/h4,7H,3,5-6,11H2,1-2H3,(H,12,13,14). The molecule has 0 fully saturated rings. The molecule has 1 aliphatic rings. The average molecular weight is 207 g/mol. The van der Waals surface area contributed by atoms with Crippen LogP contribution in [0.4, 0.5) is 5.95 Å². The van der Waals surface area contributed by atoms with Gasteiger partial charge in [0.25, 0.3) is 0 Å². The van der Waals surface area contributed by atoms with Crippen molar-refractivity contribution in [3.63, 3.8) is 0 Å². The van der Waals surface area contributed by atoms with Gasteiger partial charge in [-0.15, -0.1) is 0 Å². The molecule has 0 saturated carbocycles. The summed E-state index contributed by atoms with van der Waals surface area (Å²) in [6.07, 6.45) is 1.90. The molecule has 0 bridgehead atoms. The van der Waals surface area contributed by atoms with E-state index < -0.39 is 0 Å². The fourth-order valence-electron chi connectivity index (χ4n) is 1.65. The fraction of sp³-hybridized carbons (Fsp3) is 0.600. The summed E-state index contributed by atoms with van der Waals surface area (Å²) in [4.78, 5) is 10.9. The first-order valence-electron chi connectivity index (χ1n) is 5.18. The van der Waals surface area contributed by atoms with E-state index >= 15 is 0 Å². The Bertz CT molecular complexity index is 350. The van der Waals surface area contributed by atoms with Crippen molar-refractivity contribution in [2.24, 2.45) is 5.73 Å². The van der Waals surface area contributed by atoms with Crippen LogP contribution in [0.25, 0.3) is 0 Å². The van der Waals surface area contributed by atoms with Gasteiger partial charge in [0.2, 0.25) is 5.95 Å². The smallest absolute Gasteiger partial charge is 0.222 e. The molecule has 0 amide bonds. The number of hydrogen-bond donors (Lipinski definition) is 2. The third-order valence-corrected chi connectivity index (χ3v) is 2.40. The lowest BCUT2D eigenvalue weighted by Gasteiger charge is -2.07. The minimum atomic E-state index is 0.115. The SMILES string of the molecule is CC(N)CNc1ncc2c(n1)CN(C)C2. The molecule has 82 valence electrons. The Morgan fingerprint density at radius 3 is 3.13 bits per heavy atom. The first-order chi connectivity index (χ1) is 7.15. The number of nitrogens with two attached hydrogens (primary N) is 1. The normalized spacial score (nSPS) is 17.5. The van der Waals surface area contributed by atoms with E-state index in [1.165, 1.54) is 5.56 Å². The Kier molecular flexibility index (Phi) is 2.83. The maximum atomic E-state index is 5.65. The monoisotopic (exact) mass is 207 g/mol. The van der Waals surface area contributed by atoms with E-state index in [4.69, 9.17) is 5.73 Å². The van der Waals surface area contributed by atoms with Gasteiger partial charge in [-0.05, 0) is 14.0 Å². The molecule has 2 heterocycles. The minimum absolute atomic E-state index is 0.115. The predicted octanol–water partition coefficient (Wildman–Crippen LogP) is 0.181. The van der Waals surface area contributed by atoms with Crippen molar-refractivity contribution in [3.05, 3.63) is 17.5 Å². The largest absolute Gasteiger partial charge is 0.353 e. The summed E-state index contributed by atoms with van der Waals surface area (Å²) in [5.74, 6) is 0.682. The van der Waals surface area contributed by atoms with Crippen LogP contribution in [0.2, 0.25) is 0 Å². The predicted molar refractivity (Wildman–Crippen MR) is 59.3 cm³/mol. The molecule has 1 aromatic heterocycles. The lowest BCUT2D eigenvalue weighted by Crippen LogP contribution is -2.26. The van der Waals surface area contributed by atoms with Gasteiger partial charge in [-0.1, -0.05) is 0 Å². The van der Waals surface area contributed by atoms with Crippen LogP contribution >= 0.6 is 0 Å². The van der Waals surface area contributed by atoms with Gasteiger partial charge in [0.05, 0.1) is 5.69 Å². The molecule has 1 atom stereocenters. The van der Waals surface area contributed by atoms with Gasteiger partial charge < -0.3 is 11.1 Å². The van der Waals surface area contributed by atoms with Crippen LogP contribution in [-0.4, -0.2) is 34.5 Å². The third-order valence-electron chi connectivity index (χ3n) is 2.40. The van der Waals surface area contributed by atoms with Crippen LogP contribution < -0.4 is 11.1 Å². The van der Waals surface area contributed by atoms with Gasteiger partial charge in [0.15, 0.2) is 0 Å². The van der Waals surface area contributed by atoms with Crippen molar-refractivity contribution in [3.8, 4) is 0 Å². The fourth-order valence-corrected chi connectivity index (χ4v) is 1.65. The summed E-state index contributed by atoms with van der Waals surface area (Å²) in [6.45, 7) is 4.51. The second-order valence-corrected chi connectivity index (χ2v) is 4.20. The maximum Gasteiger partial charge on any atom is 0.222 e. The molecule has 15 heavy (non-hydrogen) atoms. The zero-order valence-electron chi connectivity index (χ0n) is 9.20. The van der Waals surface area contributed by atoms with Gasteiger partial charge in [-0.2, -0.15) is 0 Å². The van der Waals surface area contributed by atoms with Crippen LogP contribution in [0, 0.1) is 0 Å². The van der Waals surface area contributed by atoms with Gasteiger partial charge >= 0.3 is 0 Å². The van der Waals surface area contributed by atoms with Gasteiger partial charge in [-0.3, -0.25) is 4.90 Å². The van der Waals surface area contributed by atoms with Crippen LogP contribution in [0.5, 0.6) is 0 Å². The highest BCUT2D eigenvalue weighted by atomic mass is 15.2. The average Bonchev–Trinajstić information content (AvgIpc) is 2.53. The molecule has 0 spiro atoms. The van der Waals surface area contributed by atoms with E-state index in [0.717, 1.165) is 18.8 Å². The highest BCUT2D eigenvalue weighted by molar-refractivity contribution is 5.31. The van der Waals surface area contributed by atoms with Crippen LogP contribution in [0.3, 0.4) is 0 Å². The number of nitrogens with one attached hydrogen (secondary N) is 1. The van der Waals surface area contributed by atoms with Crippen LogP contribution in [0.15, 0.2) is 6.20 Å². The maximum absolute atomic E-state index is 5.65. The first kappa shape index (κ1) is 10.3. The van der Waals surface area contributed by atoms with E-state index in [2.05, 4.69) is 27.2 Å². The van der Waals surface area contributed by atoms with Crippen molar-refractivity contribution in [1.29, 1.82) is 0 Å². The van der Waals surface area contributed by atoms with Crippen LogP contribution in [-0.2, 0) is 13.1 Å². The number of aromatic nitrogens is 2. The molecule has 0 aliphatic carbocycles. The number of nitrogens with zero attached hydrogens (tertiary/aromatic N) is 3. The lowest BCUT2D eigenvalue weighted by molar-refractivity contribution is 0.351. The Labute approximate surface area is 89.7 Å². The second-order valence-electron chi connectivity index (χ2n) is 4.20. The highest BCUT2D eigenvalue weighted by Crippen LogP contribution is 2.19. The first-order valence-corrected chi connectivity index (χ1v) is 5.18. The third kappa shape index (κ3) is 2.43. The summed E-state index contributed by atoms with van der Waals surface area (Å²) in [5.41, 5.74) is 8.00. The van der Waals surface area contributed by atoms with E-state index in [-0.39, 0.29) is 6.04 Å². The lowest BCUT2D eigenvalue weighted by atomic mass is 10.3. The Morgan fingerprint density at radius 2 is 2.40 bits per heavy atom. The van der Waals surface area contributed by atoms with Gasteiger partial charge in [0, 0.05) is 37.4 Å². The number of anilines is 1. The Balaban J connectivity index is 2.06. The van der Waals surface area contributed by atoms with Crippen molar-refractivity contribution in [2.45, 2.75) is 26.1 Å². The zero-order chi connectivity index (χ0) is 10.8. The molecule has 0 aromatic carbocycles. The molecular weight excluding hydrogens is 190 g/mol. The molecule has 1 aliphatic heterocycles. The molecule has 1 aromatic rings. The number of fused-ring (bicyclic) bond motifs is 1. The molecule has 3 N–H and O–H groups in total. The van der Waals surface area contributed by atoms with Gasteiger partial charge in [-0.25, -0.2) is 9.97 Å². The number of rotatable bonds is 3. The summed E-state index contributed by atoms with van der Waals surface area (Å²) in [7, 11) is 2.08. The molecular formula is C10H17N5. The topological polar surface area (TPSA) is 67.1 Å². The zero-order valence-corrected chi connectivity index (χ0v) is 9.20. The molecule has 0 saturated heterocycles. The van der Waals surface area contributed by atoms with Gasteiger partial charge in [0.1, 0.15) is 0 Å². The molecule has 2 rings (SSSR count). The minimum Gasteiger partial charge on any atom is -0.353 e. The Morgan fingerprint density at radius 1 is 1.60 bits per heavy atom. The van der Waals surface area contributed by atoms with E-state index in [0.29, 0.717) is 12.5 Å². The van der Waals surface area contributed by atoms with E-state index in [1.54, 1.807) is 0 Å². The summed E-state index contributed by atoms with van der Waals surface area (Å²) in [5, 5.41) is 3.12. The summed E-state index contributed by atoms with van der Waals surface area (Å²) < 4.78 is 0. The quantitative estimate of drug-likeness (QED) is 0.740. The van der Waals surface area contributed by atoms with Crippen molar-refractivity contribution >= 4 is 5.95 Å². The molecule has 5 nitrogen and oxygen atoms in total. The van der Waals surface area contributed by atoms with Crippen LogP contribution in [0.1, 0.15) is 18.2 Å². The molecule has 0 radical (unpaired) electrons. The molecule has 5 heteroatoms. The highest BCUT2D eigenvalue weighted by Gasteiger charge is 2.17. The van der Waals surface area contributed by atoms with Crippen molar-refractivity contribution in [1.82, 2.24) is 14.9 Å². The van der Waals surface area contributed by atoms with Crippen molar-refractivity contribution < 1.29 is 0 Å². The van der Waals surface area contributed by atoms with E-state index in [9.17, 15) is 0 Å². The Hall–Kier alpha value is -1.20. The summed E-state index contributed by atoms with van der Waals surface area (Å²) >= 11 is 0. The molecule has 1 unspecified atom stereocenters. The van der Waals surface area contributed by atoms with E-state index in [1.807, 2.05) is 13.1 Å². The van der Waals surface area contributed by atoms with Crippen molar-refractivity contribution in [2.75, 3.05) is 18.9 Å². The summed E-state index contributed by atoms with van der Waals surface area (Å²) in [6, 6.07) is 0.115. The number of hydrogen-bond acceptors (Lipinski definition) is 5.